The zero-order valence-corrected chi connectivity index (χ0v) is 14.9. The molecule has 3 nitrogen and oxygen atoms in total. The summed E-state index contributed by atoms with van der Waals surface area (Å²) in [5.41, 5.74) is 1.90. The highest BCUT2D eigenvalue weighted by molar-refractivity contribution is 9.10. The zero-order valence-electron chi connectivity index (χ0n) is 11.0. The first kappa shape index (κ1) is 16.8. The van der Waals surface area contributed by atoms with Crippen molar-refractivity contribution in [2.75, 3.05) is 0 Å². The molecule has 0 bridgehead atoms. The van der Waals surface area contributed by atoms with E-state index >= 15 is 0 Å². The predicted molar refractivity (Wildman–Crippen MR) is 89.4 cm³/mol. The second-order valence-electron chi connectivity index (χ2n) is 4.45. The van der Waals surface area contributed by atoms with E-state index in [1.165, 1.54) is 12.1 Å². The summed E-state index contributed by atoms with van der Waals surface area (Å²) >= 11 is 15.2. The third-order valence-electron chi connectivity index (χ3n) is 2.95. The van der Waals surface area contributed by atoms with Crippen molar-refractivity contribution in [3.8, 4) is 0 Å². The van der Waals surface area contributed by atoms with Crippen molar-refractivity contribution >= 4 is 49.2 Å². The van der Waals surface area contributed by atoms with Gasteiger partial charge >= 0.3 is 0 Å². The van der Waals surface area contributed by atoms with Crippen LogP contribution in [0.1, 0.15) is 11.1 Å². The van der Waals surface area contributed by atoms with E-state index in [0.29, 0.717) is 4.47 Å². The van der Waals surface area contributed by atoms with Crippen LogP contribution in [0.5, 0.6) is 0 Å². The molecular formula is C14H12BrCl2NO2S. The average molecular weight is 409 g/mol. The maximum Gasteiger partial charge on any atom is 0.243 e. The molecule has 112 valence electrons. The Kier molecular flexibility index (Phi) is 5.33. The van der Waals surface area contributed by atoms with Gasteiger partial charge in [-0.15, -0.1) is 0 Å². The molecule has 0 spiro atoms. The van der Waals surface area contributed by atoms with Crippen LogP contribution in [0.4, 0.5) is 0 Å². The normalized spacial score (nSPS) is 11.6. The number of nitrogens with one attached hydrogen (secondary N) is 1. The fraction of sp³-hybridized carbons (Fsp3) is 0.143. The molecule has 2 aromatic carbocycles. The summed E-state index contributed by atoms with van der Waals surface area (Å²) in [7, 11) is -3.79. The molecule has 1 N–H and O–H groups in total. The minimum absolute atomic E-state index is 0.0756. The number of halogens is 3. The topological polar surface area (TPSA) is 46.2 Å². The molecular weight excluding hydrogens is 397 g/mol. The predicted octanol–water partition coefficient (Wildman–Crippen LogP) is 4.54. The zero-order chi connectivity index (χ0) is 15.6. The summed E-state index contributed by atoms with van der Waals surface area (Å²) in [6.07, 6.45) is 0. The van der Waals surface area contributed by atoms with E-state index in [0.717, 1.165) is 11.1 Å². The van der Waals surface area contributed by atoms with Gasteiger partial charge in [-0.1, -0.05) is 63.4 Å². The van der Waals surface area contributed by atoms with E-state index in [1.54, 1.807) is 0 Å². The molecule has 0 unspecified atom stereocenters. The van der Waals surface area contributed by atoms with E-state index in [9.17, 15) is 8.42 Å². The van der Waals surface area contributed by atoms with Crippen molar-refractivity contribution in [3.05, 3.63) is 62.0 Å². The molecule has 21 heavy (non-hydrogen) atoms. The Morgan fingerprint density at radius 2 is 1.71 bits per heavy atom. The summed E-state index contributed by atoms with van der Waals surface area (Å²) in [5.74, 6) is 0. The van der Waals surface area contributed by atoms with E-state index in [1.807, 2.05) is 31.2 Å². The van der Waals surface area contributed by atoms with Crippen molar-refractivity contribution in [1.29, 1.82) is 0 Å². The summed E-state index contributed by atoms with van der Waals surface area (Å²) in [6.45, 7) is 2.10. The lowest BCUT2D eigenvalue weighted by Crippen LogP contribution is -2.24. The van der Waals surface area contributed by atoms with Crippen LogP contribution >= 0.6 is 39.1 Å². The van der Waals surface area contributed by atoms with Crippen molar-refractivity contribution in [2.45, 2.75) is 18.4 Å². The number of hydrogen-bond acceptors (Lipinski definition) is 2. The van der Waals surface area contributed by atoms with Crippen LogP contribution in [0, 0.1) is 6.92 Å². The van der Waals surface area contributed by atoms with E-state index in [-0.39, 0.29) is 21.5 Å². The van der Waals surface area contributed by atoms with Crippen LogP contribution in [0.3, 0.4) is 0 Å². The van der Waals surface area contributed by atoms with Crippen LogP contribution in [-0.4, -0.2) is 8.42 Å². The first-order valence-corrected chi connectivity index (χ1v) is 9.03. The molecule has 0 aromatic heterocycles. The van der Waals surface area contributed by atoms with Crippen LogP contribution in [0.15, 0.2) is 45.8 Å². The highest BCUT2D eigenvalue weighted by atomic mass is 79.9. The van der Waals surface area contributed by atoms with Crippen LogP contribution < -0.4 is 4.72 Å². The quantitative estimate of drug-likeness (QED) is 0.806. The minimum Gasteiger partial charge on any atom is -0.207 e. The van der Waals surface area contributed by atoms with Crippen molar-refractivity contribution in [1.82, 2.24) is 4.72 Å². The number of sulfonamides is 1. The summed E-state index contributed by atoms with van der Waals surface area (Å²) in [4.78, 5) is -0.109. The number of aryl methyl sites for hydroxylation is 1. The maximum atomic E-state index is 12.4. The summed E-state index contributed by atoms with van der Waals surface area (Å²) < 4.78 is 27.9. The SMILES string of the molecule is Cc1ccccc1CNS(=O)(=O)c1c(Cl)cc(Br)cc1Cl. The van der Waals surface area contributed by atoms with Crippen LogP contribution in [0.2, 0.25) is 10.0 Å². The van der Waals surface area contributed by atoms with Gasteiger partial charge in [0.25, 0.3) is 0 Å². The molecule has 2 aromatic rings. The van der Waals surface area contributed by atoms with Gasteiger partial charge in [-0.25, -0.2) is 13.1 Å². The van der Waals surface area contributed by atoms with Gasteiger partial charge in [0, 0.05) is 11.0 Å². The Bertz CT molecular complexity index is 755. The molecule has 0 aliphatic carbocycles. The molecule has 7 heteroatoms. The van der Waals surface area contributed by atoms with Gasteiger partial charge in [-0.05, 0) is 30.2 Å². The molecule has 0 atom stereocenters. The Labute approximate surface area is 142 Å². The number of hydrogen-bond donors (Lipinski definition) is 1. The Hall–Kier alpha value is -0.590. The molecule has 0 aliphatic rings. The van der Waals surface area contributed by atoms with Gasteiger partial charge in [0.15, 0.2) is 0 Å². The Morgan fingerprint density at radius 3 is 2.29 bits per heavy atom. The monoisotopic (exact) mass is 407 g/mol. The van der Waals surface area contributed by atoms with Gasteiger partial charge in [0.05, 0.1) is 10.0 Å². The second kappa shape index (κ2) is 6.67. The summed E-state index contributed by atoms with van der Waals surface area (Å²) in [6, 6.07) is 10.5. The highest BCUT2D eigenvalue weighted by Gasteiger charge is 2.22. The van der Waals surface area contributed by atoms with Crippen LogP contribution in [0.25, 0.3) is 0 Å². The molecule has 2 rings (SSSR count). The van der Waals surface area contributed by atoms with Gasteiger partial charge in [0.2, 0.25) is 10.0 Å². The van der Waals surface area contributed by atoms with Crippen molar-refractivity contribution in [2.24, 2.45) is 0 Å². The smallest absolute Gasteiger partial charge is 0.207 e. The molecule has 0 aliphatic heterocycles. The highest BCUT2D eigenvalue weighted by Crippen LogP contribution is 2.32. The van der Waals surface area contributed by atoms with Crippen molar-refractivity contribution in [3.63, 3.8) is 0 Å². The number of rotatable bonds is 4. The minimum atomic E-state index is -3.79. The van der Waals surface area contributed by atoms with Gasteiger partial charge in [-0.3, -0.25) is 0 Å². The third kappa shape index (κ3) is 3.99. The number of benzene rings is 2. The molecule has 0 amide bonds. The third-order valence-corrected chi connectivity index (χ3v) is 5.73. The molecule has 0 saturated carbocycles. The Balaban J connectivity index is 2.30. The lowest BCUT2D eigenvalue weighted by molar-refractivity contribution is 0.581. The van der Waals surface area contributed by atoms with E-state index in [2.05, 4.69) is 20.7 Å². The second-order valence-corrected chi connectivity index (χ2v) is 7.88. The van der Waals surface area contributed by atoms with Gasteiger partial charge < -0.3 is 0 Å². The maximum absolute atomic E-state index is 12.4. The molecule has 0 fully saturated rings. The van der Waals surface area contributed by atoms with Crippen molar-refractivity contribution < 1.29 is 8.42 Å². The molecule has 0 heterocycles. The first-order chi connectivity index (χ1) is 9.81. The van der Waals surface area contributed by atoms with E-state index < -0.39 is 10.0 Å². The Morgan fingerprint density at radius 1 is 1.14 bits per heavy atom. The average Bonchev–Trinajstić information content (AvgIpc) is 2.36. The lowest BCUT2D eigenvalue weighted by atomic mass is 10.1. The van der Waals surface area contributed by atoms with E-state index in [4.69, 9.17) is 23.2 Å². The largest absolute Gasteiger partial charge is 0.243 e. The fourth-order valence-corrected chi connectivity index (χ4v) is 4.78. The fourth-order valence-electron chi connectivity index (χ4n) is 1.84. The molecule has 0 saturated heterocycles. The van der Waals surface area contributed by atoms with Crippen LogP contribution in [-0.2, 0) is 16.6 Å². The van der Waals surface area contributed by atoms with Gasteiger partial charge in [-0.2, -0.15) is 0 Å². The lowest BCUT2D eigenvalue weighted by Gasteiger charge is -2.11. The molecule has 0 radical (unpaired) electrons. The van der Waals surface area contributed by atoms with Gasteiger partial charge in [0.1, 0.15) is 4.90 Å². The standard InChI is InChI=1S/C14H12BrCl2NO2S/c1-9-4-2-3-5-10(9)8-18-21(19,20)14-12(16)6-11(15)7-13(14)17/h2-7,18H,8H2,1H3. The summed E-state index contributed by atoms with van der Waals surface area (Å²) in [5, 5.41) is 0.151. The first-order valence-electron chi connectivity index (χ1n) is 6.00.